The van der Waals surface area contributed by atoms with Crippen LogP contribution in [-0.4, -0.2) is 33.7 Å². The van der Waals surface area contributed by atoms with Crippen molar-refractivity contribution in [3.8, 4) is 0 Å². The van der Waals surface area contributed by atoms with Gasteiger partial charge in [0, 0.05) is 36.5 Å². The molecule has 124 valence electrons. The van der Waals surface area contributed by atoms with Crippen LogP contribution in [0.4, 0.5) is 5.82 Å². The second kappa shape index (κ2) is 7.49. The fourth-order valence-electron chi connectivity index (χ4n) is 2.89. The summed E-state index contributed by atoms with van der Waals surface area (Å²) >= 11 is 0. The summed E-state index contributed by atoms with van der Waals surface area (Å²) < 4.78 is 1.99. The summed E-state index contributed by atoms with van der Waals surface area (Å²) in [5.41, 5.74) is 10.4. The summed E-state index contributed by atoms with van der Waals surface area (Å²) in [5, 5.41) is 4.66. The number of hydrogen-bond donors (Lipinski definition) is 1. The highest BCUT2D eigenvalue weighted by Gasteiger charge is 2.21. The Hall–Kier alpha value is -1.04. The van der Waals surface area contributed by atoms with Crippen molar-refractivity contribution in [2.24, 2.45) is 5.73 Å². The lowest BCUT2D eigenvalue weighted by molar-refractivity contribution is 0.500. The number of hydrogen-bond acceptors (Lipinski definition) is 4. The van der Waals surface area contributed by atoms with Crippen LogP contribution >= 0.6 is 24.8 Å². The van der Waals surface area contributed by atoms with E-state index in [0.29, 0.717) is 0 Å². The van der Waals surface area contributed by atoms with Crippen molar-refractivity contribution >= 4 is 36.3 Å². The third-order valence-corrected chi connectivity index (χ3v) is 4.24. The molecule has 0 aromatic carbocycles. The van der Waals surface area contributed by atoms with Gasteiger partial charge in [0.15, 0.2) is 5.65 Å². The molecule has 0 bridgehead atoms. The van der Waals surface area contributed by atoms with Crippen molar-refractivity contribution in [1.82, 2.24) is 14.6 Å². The Morgan fingerprint density at radius 1 is 1.32 bits per heavy atom. The molecule has 1 fully saturated rings. The first kappa shape index (κ1) is 19.0. The van der Waals surface area contributed by atoms with Crippen molar-refractivity contribution in [2.75, 3.05) is 18.0 Å². The second-order valence-electron chi connectivity index (χ2n) is 5.75. The van der Waals surface area contributed by atoms with Crippen molar-refractivity contribution < 1.29 is 0 Å². The van der Waals surface area contributed by atoms with E-state index in [2.05, 4.69) is 29.9 Å². The van der Waals surface area contributed by atoms with Gasteiger partial charge in [-0.15, -0.1) is 24.8 Å². The maximum Gasteiger partial charge on any atom is 0.160 e. The molecule has 2 aromatic heterocycles. The van der Waals surface area contributed by atoms with Gasteiger partial charge in [-0.05, 0) is 33.1 Å². The zero-order valence-corrected chi connectivity index (χ0v) is 15.0. The van der Waals surface area contributed by atoms with Crippen LogP contribution in [0.15, 0.2) is 6.07 Å². The molecule has 7 heteroatoms. The fraction of sp³-hybridized carbons (Fsp3) is 0.600. The number of aromatic nitrogens is 3. The van der Waals surface area contributed by atoms with Gasteiger partial charge >= 0.3 is 0 Å². The summed E-state index contributed by atoms with van der Waals surface area (Å²) in [7, 11) is 0. The molecule has 0 saturated carbocycles. The number of nitrogens with zero attached hydrogens (tertiary/aromatic N) is 4. The van der Waals surface area contributed by atoms with Crippen LogP contribution in [0.25, 0.3) is 5.65 Å². The van der Waals surface area contributed by atoms with E-state index >= 15 is 0 Å². The van der Waals surface area contributed by atoms with Crippen LogP contribution in [0.3, 0.4) is 0 Å². The number of rotatable bonds is 2. The van der Waals surface area contributed by atoms with E-state index in [-0.39, 0.29) is 30.9 Å². The Bertz CT molecular complexity index is 640. The zero-order valence-electron chi connectivity index (χ0n) is 13.4. The average molecular weight is 346 g/mol. The largest absolute Gasteiger partial charge is 0.355 e. The van der Waals surface area contributed by atoms with Gasteiger partial charge in [-0.25, -0.2) is 4.98 Å². The molecule has 3 rings (SSSR count). The number of fused-ring (bicyclic) bond motifs is 1. The van der Waals surface area contributed by atoms with Gasteiger partial charge < -0.3 is 10.6 Å². The van der Waals surface area contributed by atoms with Crippen molar-refractivity contribution in [2.45, 2.75) is 46.1 Å². The smallest absolute Gasteiger partial charge is 0.160 e. The first-order chi connectivity index (χ1) is 9.60. The second-order valence-corrected chi connectivity index (χ2v) is 5.75. The van der Waals surface area contributed by atoms with Gasteiger partial charge in [-0.2, -0.15) is 9.61 Å². The molecule has 0 spiro atoms. The highest BCUT2D eigenvalue weighted by Crippen LogP contribution is 2.24. The van der Waals surface area contributed by atoms with E-state index in [9.17, 15) is 0 Å². The standard InChI is InChI=1S/C15H23N5.2ClH/c1-4-13-8-14(19-7-5-6-12(16)9-19)20-15(17-13)10(2)11(3)18-20;;/h8,12H,4-7,9,16H2,1-3H3;2*1H/t12-;;/m0../s1. The highest BCUT2D eigenvalue weighted by atomic mass is 35.5. The van der Waals surface area contributed by atoms with Crippen LogP contribution < -0.4 is 10.6 Å². The molecule has 2 N–H and O–H groups in total. The number of nitrogens with two attached hydrogens (primary N) is 1. The van der Waals surface area contributed by atoms with E-state index in [1.165, 1.54) is 5.56 Å². The fourth-order valence-corrected chi connectivity index (χ4v) is 2.89. The lowest BCUT2D eigenvalue weighted by Gasteiger charge is -2.32. The summed E-state index contributed by atoms with van der Waals surface area (Å²) in [6.45, 7) is 8.23. The molecule has 0 radical (unpaired) electrons. The third-order valence-electron chi connectivity index (χ3n) is 4.24. The molecule has 1 aliphatic heterocycles. The molecule has 3 heterocycles. The van der Waals surface area contributed by atoms with E-state index in [1.807, 2.05) is 11.4 Å². The molecule has 1 saturated heterocycles. The molecule has 0 aliphatic carbocycles. The zero-order chi connectivity index (χ0) is 14.3. The quantitative estimate of drug-likeness (QED) is 0.908. The minimum Gasteiger partial charge on any atom is -0.355 e. The topological polar surface area (TPSA) is 59.5 Å². The number of aryl methyl sites for hydroxylation is 3. The third kappa shape index (κ3) is 3.31. The first-order valence-electron chi connectivity index (χ1n) is 7.46. The molecule has 0 amide bonds. The predicted molar refractivity (Wildman–Crippen MR) is 95.8 cm³/mol. The number of piperidine rings is 1. The van der Waals surface area contributed by atoms with E-state index < -0.39 is 0 Å². The predicted octanol–water partition coefficient (Wildman–Crippen LogP) is 2.68. The lowest BCUT2D eigenvalue weighted by Crippen LogP contribution is -2.43. The van der Waals surface area contributed by atoms with Gasteiger partial charge in [0.25, 0.3) is 0 Å². The van der Waals surface area contributed by atoms with Gasteiger partial charge in [-0.3, -0.25) is 0 Å². The Labute approximate surface area is 144 Å². The Morgan fingerprint density at radius 3 is 2.68 bits per heavy atom. The van der Waals surface area contributed by atoms with Gasteiger partial charge in [0.2, 0.25) is 0 Å². The lowest BCUT2D eigenvalue weighted by atomic mass is 10.1. The van der Waals surface area contributed by atoms with E-state index in [4.69, 9.17) is 10.7 Å². The van der Waals surface area contributed by atoms with E-state index in [1.54, 1.807) is 0 Å². The van der Waals surface area contributed by atoms with Crippen LogP contribution in [0, 0.1) is 13.8 Å². The monoisotopic (exact) mass is 345 g/mol. The number of anilines is 1. The van der Waals surface area contributed by atoms with Crippen molar-refractivity contribution in [3.63, 3.8) is 0 Å². The van der Waals surface area contributed by atoms with Crippen LogP contribution in [0.5, 0.6) is 0 Å². The molecule has 0 unspecified atom stereocenters. The summed E-state index contributed by atoms with van der Waals surface area (Å²) in [6, 6.07) is 2.42. The Morgan fingerprint density at radius 2 is 2.05 bits per heavy atom. The normalized spacial score (nSPS) is 18.0. The summed E-state index contributed by atoms with van der Waals surface area (Å²) in [5.74, 6) is 1.14. The van der Waals surface area contributed by atoms with Gasteiger partial charge in [0.05, 0.1) is 5.69 Å². The highest BCUT2D eigenvalue weighted by molar-refractivity contribution is 5.85. The summed E-state index contributed by atoms with van der Waals surface area (Å²) in [4.78, 5) is 7.09. The van der Waals surface area contributed by atoms with Crippen LogP contribution in [0.2, 0.25) is 0 Å². The maximum atomic E-state index is 6.13. The SMILES string of the molecule is CCc1cc(N2CCC[C@H](N)C2)n2nc(C)c(C)c2n1.Cl.Cl. The Kier molecular flexibility index (Phi) is 6.47. The van der Waals surface area contributed by atoms with Crippen LogP contribution in [0.1, 0.15) is 36.7 Å². The molecule has 2 aromatic rings. The number of halogens is 2. The molecular formula is C15H25Cl2N5. The van der Waals surface area contributed by atoms with Crippen molar-refractivity contribution in [3.05, 3.63) is 23.0 Å². The average Bonchev–Trinajstić information content (AvgIpc) is 2.73. The summed E-state index contributed by atoms with van der Waals surface area (Å²) in [6.07, 6.45) is 3.20. The molecular weight excluding hydrogens is 321 g/mol. The molecule has 22 heavy (non-hydrogen) atoms. The molecule has 1 atom stereocenters. The van der Waals surface area contributed by atoms with Crippen LogP contribution in [-0.2, 0) is 6.42 Å². The first-order valence-corrected chi connectivity index (χ1v) is 7.46. The van der Waals surface area contributed by atoms with Crippen molar-refractivity contribution in [1.29, 1.82) is 0 Å². The van der Waals surface area contributed by atoms with Gasteiger partial charge in [-0.1, -0.05) is 6.92 Å². The minimum absolute atomic E-state index is 0. The van der Waals surface area contributed by atoms with Gasteiger partial charge in [0.1, 0.15) is 5.82 Å². The Balaban J connectivity index is 0.00000121. The maximum absolute atomic E-state index is 6.13. The minimum atomic E-state index is 0. The molecule has 5 nitrogen and oxygen atoms in total. The van der Waals surface area contributed by atoms with E-state index in [0.717, 1.165) is 55.2 Å². The molecule has 1 aliphatic rings.